The van der Waals surface area contributed by atoms with E-state index >= 15 is 0 Å². The van der Waals surface area contributed by atoms with Gasteiger partial charge in [-0.2, -0.15) is 0 Å². The highest BCUT2D eigenvalue weighted by Crippen LogP contribution is 2.34. The number of hydrogen-bond acceptors (Lipinski definition) is 6. The van der Waals surface area contributed by atoms with E-state index in [1.807, 2.05) is 32.0 Å². The van der Waals surface area contributed by atoms with Crippen molar-refractivity contribution in [3.05, 3.63) is 56.8 Å². The van der Waals surface area contributed by atoms with E-state index in [0.29, 0.717) is 17.9 Å². The van der Waals surface area contributed by atoms with Gasteiger partial charge in [0, 0.05) is 29.1 Å². The Morgan fingerprint density at radius 2 is 2.07 bits per heavy atom. The van der Waals surface area contributed by atoms with Crippen LogP contribution in [0.5, 0.6) is 5.75 Å². The van der Waals surface area contributed by atoms with Crippen molar-refractivity contribution in [2.24, 2.45) is 0 Å². The lowest BCUT2D eigenvalue weighted by molar-refractivity contribution is -0.134. The minimum Gasteiger partial charge on any atom is -0.483 e. The first-order chi connectivity index (χ1) is 14.5. The molecule has 156 valence electrons. The van der Waals surface area contributed by atoms with E-state index in [2.05, 4.69) is 5.16 Å². The molecule has 0 bridgehead atoms. The fraction of sp³-hybridized carbons (Fsp3) is 0.435. The van der Waals surface area contributed by atoms with Gasteiger partial charge in [0.05, 0.1) is 6.04 Å². The lowest BCUT2D eigenvalue weighted by Gasteiger charge is -2.23. The van der Waals surface area contributed by atoms with Crippen molar-refractivity contribution in [2.45, 2.75) is 52.0 Å². The minimum atomic E-state index is -0.255. The SMILES string of the molecule is Cc1cc(C2CCCN2C(=O)COc2ccc3c4c(c(=O)oc3c2C)CCC4)no1. The molecule has 1 saturated heterocycles. The third-order valence-electron chi connectivity index (χ3n) is 6.25. The van der Waals surface area contributed by atoms with E-state index < -0.39 is 0 Å². The van der Waals surface area contributed by atoms with E-state index in [1.165, 1.54) is 0 Å². The van der Waals surface area contributed by atoms with Crippen LogP contribution < -0.4 is 10.4 Å². The number of rotatable bonds is 4. The first-order valence-corrected chi connectivity index (χ1v) is 10.5. The van der Waals surface area contributed by atoms with Crippen LogP contribution in [0.25, 0.3) is 11.0 Å². The molecule has 0 radical (unpaired) electrons. The molecule has 0 N–H and O–H groups in total. The van der Waals surface area contributed by atoms with Crippen molar-refractivity contribution in [3.8, 4) is 5.75 Å². The van der Waals surface area contributed by atoms with Crippen LogP contribution in [0.15, 0.2) is 31.9 Å². The molecule has 7 nitrogen and oxygen atoms in total. The number of hydrogen-bond donors (Lipinski definition) is 0. The Labute approximate surface area is 173 Å². The molecule has 1 fully saturated rings. The quantitative estimate of drug-likeness (QED) is 0.613. The predicted octanol–water partition coefficient (Wildman–Crippen LogP) is 3.63. The van der Waals surface area contributed by atoms with Crippen LogP contribution in [-0.2, 0) is 17.6 Å². The van der Waals surface area contributed by atoms with Crippen molar-refractivity contribution >= 4 is 16.9 Å². The summed E-state index contributed by atoms with van der Waals surface area (Å²) < 4.78 is 16.7. The fourth-order valence-electron chi connectivity index (χ4n) is 4.76. The first-order valence-electron chi connectivity index (χ1n) is 10.5. The summed E-state index contributed by atoms with van der Waals surface area (Å²) in [6, 6.07) is 5.61. The zero-order valence-electron chi connectivity index (χ0n) is 17.2. The Morgan fingerprint density at radius 3 is 2.87 bits per heavy atom. The second-order valence-corrected chi connectivity index (χ2v) is 8.16. The summed E-state index contributed by atoms with van der Waals surface area (Å²) in [5.41, 5.74) is 3.73. The number of fused-ring (bicyclic) bond motifs is 3. The number of amides is 1. The van der Waals surface area contributed by atoms with Gasteiger partial charge < -0.3 is 18.6 Å². The van der Waals surface area contributed by atoms with Crippen LogP contribution in [0.3, 0.4) is 0 Å². The van der Waals surface area contributed by atoms with Crippen LogP contribution in [0, 0.1) is 13.8 Å². The molecular formula is C23H24N2O5. The van der Waals surface area contributed by atoms with Gasteiger partial charge in [0.15, 0.2) is 6.61 Å². The molecule has 1 aliphatic carbocycles. The summed E-state index contributed by atoms with van der Waals surface area (Å²) in [5, 5.41) is 5.05. The Morgan fingerprint density at radius 1 is 1.23 bits per heavy atom. The highest BCUT2D eigenvalue weighted by molar-refractivity contribution is 5.86. The average Bonchev–Trinajstić information content (AvgIpc) is 3.48. The van der Waals surface area contributed by atoms with Gasteiger partial charge in [-0.3, -0.25) is 4.79 Å². The molecular weight excluding hydrogens is 384 g/mol. The van der Waals surface area contributed by atoms with E-state index in [9.17, 15) is 9.59 Å². The van der Waals surface area contributed by atoms with E-state index in [0.717, 1.165) is 65.6 Å². The number of carbonyl (C=O) groups is 1. The minimum absolute atomic E-state index is 0.0724. The van der Waals surface area contributed by atoms with Crippen molar-refractivity contribution in [1.29, 1.82) is 0 Å². The molecule has 1 unspecified atom stereocenters. The number of benzene rings is 1. The molecule has 2 aliphatic rings. The molecule has 1 atom stereocenters. The summed E-state index contributed by atoms with van der Waals surface area (Å²) in [5.74, 6) is 1.21. The van der Waals surface area contributed by atoms with Crippen molar-refractivity contribution in [2.75, 3.05) is 13.2 Å². The van der Waals surface area contributed by atoms with Crippen molar-refractivity contribution in [3.63, 3.8) is 0 Å². The molecule has 1 aliphatic heterocycles. The normalized spacial score (nSPS) is 18.2. The Bertz CT molecular complexity index is 1190. The topological polar surface area (TPSA) is 85.8 Å². The monoisotopic (exact) mass is 408 g/mol. The second-order valence-electron chi connectivity index (χ2n) is 8.16. The van der Waals surface area contributed by atoms with Crippen molar-refractivity contribution < 1.29 is 18.5 Å². The zero-order chi connectivity index (χ0) is 20.8. The van der Waals surface area contributed by atoms with Gasteiger partial charge in [0.1, 0.15) is 22.8 Å². The third kappa shape index (κ3) is 3.09. The summed E-state index contributed by atoms with van der Waals surface area (Å²) in [6.07, 6.45) is 4.44. The van der Waals surface area contributed by atoms with Crippen LogP contribution in [0.4, 0.5) is 0 Å². The maximum Gasteiger partial charge on any atom is 0.339 e. The molecule has 30 heavy (non-hydrogen) atoms. The highest BCUT2D eigenvalue weighted by atomic mass is 16.5. The van der Waals surface area contributed by atoms with E-state index in [4.69, 9.17) is 13.7 Å². The van der Waals surface area contributed by atoms with Gasteiger partial charge in [-0.25, -0.2) is 4.79 Å². The summed E-state index contributed by atoms with van der Waals surface area (Å²) in [7, 11) is 0. The third-order valence-corrected chi connectivity index (χ3v) is 6.25. The first kappa shape index (κ1) is 18.9. The largest absolute Gasteiger partial charge is 0.483 e. The fourth-order valence-corrected chi connectivity index (χ4v) is 4.76. The van der Waals surface area contributed by atoms with Crippen LogP contribution in [0.1, 0.15) is 53.4 Å². The molecule has 7 heteroatoms. The van der Waals surface area contributed by atoms with Crippen LogP contribution in [0.2, 0.25) is 0 Å². The van der Waals surface area contributed by atoms with Crippen molar-refractivity contribution in [1.82, 2.24) is 10.1 Å². The molecule has 0 spiro atoms. The Balaban J connectivity index is 1.36. The molecule has 0 saturated carbocycles. The number of aryl methyl sites for hydroxylation is 3. The van der Waals surface area contributed by atoms with Gasteiger partial charge in [0.25, 0.3) is 5.91 Å². The van der Waals surface area contributed by atoms with E-state index in [-0.39, 0.29) is 24.2 Å². The van der Waals surface area contributed by atoms with Gasteiger partial charge in [-0.15, -0.1) is 0 Å². The maximum atomic E-state index is 12.9. The van der Waals surface area contributed by atoms with Gasteiger partial charge in [-0.1, -0.05) is 5.16 Å². The Kier molecular flexibility index (Phi) is 4.60. The smallest absolute Gasteiger partial charge is 0.339 e. The standard InChI is InChI=1S/C23H24N2O5/c1-13-11-18(24-30-13)19-7-4-10-25(19)21(26)12-28-20-9-8-16-15-5-3-6-17(15)23(27)29-22(16)14(20)2/h8-9,11,19H,3-7,10,12H2,1-2H3. The predicted molar refractivity (Wildman–Crippen MR) is 110 cm³/mol. The van der Waals surface area contributed by atoms with E-state index in [1.54, 1.807) is 4.90 Å². The zero-order valence-corrected chi connectivity index (χ0v) is 17.2. The molecule has 5 rings (SSSR count). The maximum absolute atomic E-state index is 12.9. The number of ether oxygens (including phenoxy) is 1. The Hall–Kier alpha value is -3.09. The second kappa shape index (κ2) is 7.31. The number of carbonyl (C=O) groups excluding carboxylic acids is 1. The summed E-state index contributed by atoms with van der Waals surface area (Å²) in [6.45, 7) is 4.31. The van der Waals surface area contributed by atoms with Crippen LogP contribution >= 0.6 is 0 Å². The lowest BCUT2D eigenvalue weighted by atomic mass is 10.0. The highest BCUT2D eigenvalue weighted by Gasteiger charge is 2.32. The lowest BCUT2D eigenvalue weighted by Crippen LogP contribution is -2.34. The molecule has 3 aromatic rings. The van der Waals surface area contributed by atoms with Gasteiger partial charge in [0.2, 0.25) is 0 Å². The van der Waals surface area contributed by atoms with Gasteiger partial charge in [-0.05, 0) is 63.6 Å². The number of nitrogens with zero attached hydrogens (tertiary/aromatic N) is 2. The molecule has 2 aromatic heterocycles. The summed E-state index contributed by atoms with van der Waals surface area (Å²) >= 11 is 0. The number of aromatic nitrogens is 1. The molecule has 3 heterocycles. The summed E-state index contributed by atoms with van der Waals surface area (Å²) in [4.78, 5) is 27.0. The molecule has 1 amide bonds. The average molecular weight is 408 g/mol. The molecule has 1 aromatic carbocycles. The van der Waals surface area contributed by atoms with Gasteiger partial charge >= 0.3 is 5.63 Å². The number of likely N-dealkylation sites (tertiary alicyclic amines) is 1. The van der Waals surface area contributed by atoms with Crippen LogP contribution in [-0.4, -0.2) is 29.1 Å².